The number of methoxy groups -OCH3 is 1. The maximum Gasteiger partial charge on any atom is 0.223 e. The molecule has 1 atom stereocenters. The molecule has 0 saturated carbocycles. The Balaban J connectivity index is 2.33. The molecule has 1 aliphatic heterocycles. The summed E-state index contributed by atoms with van der Waals surface area (Å²) in [7, 11) is 1.66. The Bertz CT molecular complexity index is 554. The molecule has 1 unspecified atom stereocenters. The lowest BCUT2D eigenvalue weighted by molar-refractivity contribution is 0.128. The molecule has 1 aromatic heterocycles. The van der Waals surface area contributed by atoms with Crippen LogP contribution in [0.15, 0.2) is 10.9 Å². The molecule has 1 N–H and O–H groups in total. The Labute approximate surface area is 132 Å². The molecule has 1 fully saturated rings. The molecular weight excluding hydrogens is 280 g/mol. The van der Waals surface area contributed by atoms with E-state index in [0.29, 0.717) is 25.7 Å². The Morgan fingerprint density at radius 3 is 2.86 bits per heavy atom. The van der Waals surface area contributed by atoms with Crippen molar-refractivity contribution < 1.29 is 9.84 Å². The number of aromatic nitrogens is 1. The second kappa shape index (κ2) is 7.79. The summed E-state index contributed by atoms with van der Waals surface area (Å²) in [5.74, 6) is -0.109. The van der Waals surface area contributed by atoms with E-state index in [1.807, 2.05) is 11.5 Å². The van der Waals surface area contributed by atoms with Gasteiger partial charge in [-0.05, 0) is 32.7 Å². The van der Waals surface area contributed by atoms with Crippen LogP contribution < -0.4 is 5.43 Å². The van der Waals surface area contributed by atoms with Crippen LogP contribution in [-0.2, 0) is 17.8 Å². The van der Waals surface area contributed by atoms with Gasteiger partial charge in [0.2, 0.25) is 5.43 Å². The SMILES string of the molecule is CCC1CCCCN1Cc1c(O)c(=O)cc(C)n1CCOC. The highest BCUT2D eigenvalue weighted by atomic mass is 16.5. The van der Waals surface area contributed by atoms with Crippen LogP contribution in [0, 0.1) is 6.92 Å². The van der Waals surface area contributed by atoms with Crippen LogP contribution >= 0.6 is 0 Å². The average molecular weight is 308 g/mol. The Morgan fingerprint density at radius 1 is 1.41 bits per heavy atom. The van der Waals surface area contributed by atoms with E-state index in [0.717, 1.165) is 24.4 Å². The Kier molecular flexibility index (Phi) is 6.03. The van der Waals surface area contributed by atoms with Gasteiger partial charge in [0, 0.05) is 38.0 Å². The molecule has 2 heterocycles. The van der Waals surface area contributed by atoms with Crippen LogP contribution in [0.5, 0.6) is 5.75 Å². The lowest BCUT2D eigenvalue weighted by Gasteiger charge is -2.36. The molecule has 2 rings (SSSR count). The third kappa shape index (κ3) is 3.70. The highest BCUT2D eigenvalue weighted by Crippen LogP contribution is 2.24. The third-order valence-electron chi connectivity index (χ3n) is 4.69. The van der Waals surface area contributed by atoms with E-state index < -0.39 is 0 Å². The van der Waals surface area contributed by atoms with E-state index in [-0.39, 0.29) is 11.2 Å². The van der Waals surface area contributed by atoms with E-state index in [4.69, 9.17) is 4.74 Å². The first kappa shape index (κ1) is 17.0. The van der Waals surface area contributed by atoms with Crippen LogP contribution in [0.25, 0.3) is 0 Å². The summed E-state index contributed by atoms with van der Waals surface area (Å²) in [4.78, 5) is 14.4. The van der Waals surface area contributed by atoms with Crippen LogP contribution in [0.1, 0.15) is 44.0 Å². The minimum Gasteiger partial charge on any atom is -0.503 e. The number of hydrogen-bond acceptors (Lipinski definition) is 4. The summed E-state index contributed by atoms with van der Waals surface area (Å²) >= 11 is 0. The zero-order valence-corrected chi connectivity index (χ0v) is 14.0. The van der Waals surface area contributed by atoms with Crippen molar-refractivity contribution in [2.45, 2.75) is 58.7 Å². The van der Waals surface area contributed by atoms with Gasteiger partial charge in [0.15, 0.2) is 5.75 Å². The van der Waals surface area contributed by atoms with Gasteiger partial charge in [0.1, 0.15) is 0 Å². The second-order valence-electron chi connectivity index (χ2n) is 6.12. The molecule has 0 aromatic carbocycles. The summed E-state index contributed by atoms with van der Waals surface area (Å²) in [6, 6.07) is 2.04. The first-order valence-electron chi connectivity index (χ1n) is 8.23. The minimum atomic E-state index is -0.286. The highest BCUT2D eigenvalue weighted by Gasteiger charge is 2.24. The molecule has 0 bridgehead atoms. The molecule has 0 amide bonds. The first-order valence-corrected chi connectivity index (χ1v) is 8.23. The quantitative estimate of drug-likeness (QED) is 0.876. The fraction of sp³-hybridized carbons (Fsp3) is 0.706. The zero-order valence-electron chi connectivity index (χ0n) is 14.0. The van der Waals surface area contributed by atoms with Crippen LogP contribution in [-0.4, -0.2) is 40.9 Å². The molecule has 1 saturated heterocycles. The van der Waals surface area contributed by atoms with E-state index in [2.05, 4.69) is 11.8 Å². The van der Waals surface area contributed by atoms with Gasteiger partial charge in [-0.15, -0.1) is 0 Å². The Hall–Kier alpha value is -1.33. The predicted octanol–water partition coefficient (Wildman–Crippen LogP) is 2.27. The van der Waals surface area contributed by atoms with Gasteiger partial charge in [-0.25, -0.2) is 0 Å². The second-order valence-corrected chi connectivity index (χ2v) is 6.12. The van der Waals surface area contributed by atoms with Crippen molar-refractivity contribution in [3.8, 4) is 5.75 Å². The number of aromatic hydroxyl groups is 1. The summed E-state index contributed by atoms with van der Waals surface area (Å²) in [5.41, 5.74) is 1.31. The molecule has 0 aliphatic carbocycles. The largest absolute Gasteiger partial charge is 0.503 e. The zero-order chi connectivity index (χ0) is 16.1. The lowest BCUT2D eigenvalue weighted by Crippen LogP contribution is -2.39. The molecule has 0 spiro atoms. The van der Waals surface area contributed by atoms with Gasteiger partial charge in [-0.3, -0.25) is 9.69 Å². The van der Waals surface area contributed by atoms with Crippen molar-refractivity contribution in [3.05, 3.63) is 27.7 Å². The number of ether oxygens (including phenoxy) is 1. The van der Waals surface area contributed by atoms with Crippen LogP contribution in [0.2, 0.25) is 0 Å². The van der Waals surface area contributed by atoms with E-state index in [1.54, 1.807) is 7.11 Å². The summed E-state index contributed by atoms with van der Waals surface area (Å²) in [5, 5.41) is 10.3. The molecule has 124 valence electrons. The van der Waals surface area contributed by atoms with Crippen molar-refractivity contribution in [2.24, 2.45) is 0 Å². The normalized spacial score (nSPS) is 19.5. The van der Waals surface area contributed by atoms with E-state index in [9.17, 15) is 9.90 Å². The molecule has 1 aromatic rings. The van der Waals surface area contributed by atoms with Gasteiger partial charge in [-0.1, -0.05) is 13.3 Å². The lowest BCUT2D eigenvalue weighted by atomic mass is 9.99. The molecule has 5 heteroatoms. The summed E-state index contributed by atoms with van der Waals surface area (Å²) in [6.45, 7) is 6.99. The van der Waals surface area contributed by atoms with Crippen molar-refractivity contribution in [3.63, 3.8) is 0 Å². The van der Waals surface area contributed by atoms with Crippen molar-refractivity contribution in [1.29, 1.82) is 0 Å². The maximum atomic E-state index is 12.0. The number of nitrogens with zero attached hydrogens (tertiary/aromatic N) is 2. The number of likely N-dealkylation sites (tertiary alicyclic amines) is 1. The fourth-order valence-electron chi connectivity index (χ4n) is 3.40. The van der Waals surface area contributed by atoms with Crippen LogP contribution in [0.4, 0.5) is 0 Å². The van der Waals surface area contributed by atoms with Crippen molar-refractivity contribution in [1.82, 2.24) is 9.47 Å². The van der Waals surface area contributed by atoms with Crippen molar-refractivity contribution in [2.75, 3.05) is 20.3 Å². The van der Waals surface area contributed by atoms with Gasteiger partial charge in [0.25, 0.3) is 0 Å². The number of pyridine rings is 1. The number of aryl methyl sites for hydroxylation is 1. The molecular formula is C17H28N2O3. The molecule has 0 radical (unpaired) electrons. The monoisotopic (exact) mass is 308 g/mol. The van der Waals surface area contributed by atoms with Gasteiger partial charge >= 0.3 is 0 Å². The minimum absolute atomic E-state index is 0.109. The molecule has 5 nitrogen and oxygen atoms in total. The Morgan fingerprint density at radius 2 is 2.18 bits per heavy atom. The van der Waals surface area contributed by atoms with Crippen LogP contribution in [0.3, 0.4) is 0 Å². The number of hydrogen-bond donors (Lipinski definition) is 1. The third-order valence-corrected chi connectivity index (χ3v) is 4.69. The van der Waals surface area contributed by atoms with E-state index in [1.165, 1.54) is 25.3 Å². The van der Waals surface area contributed by atoms with Gasteiger partial charge < -0.3 is 14.4 Å². The summed E-state index contributed by atoms with van der Waals surface area (Å²) < 4.78 is 7.18. The topological polar surface area (TPSA) is 54.7 Å². The molecule has 1 aliphatic rings. The maximum absolute atomic E-state index is 12.0. The summed E-state index contributed by atoms with van der Waals surface area (Å²) in [6.07, 6.45) is 4.76. The smallest absolute Gasteiger partial charge is 0.223 e. The van der Waals surface area contributed by atoms with Crippen molar-refractivity contribution >= 4 is 0 Å². The molecule has 22 heavy (non-hydrogen) atoms. The standard InChI is InChI=1S/C17H28N2O3/c1-4-14-7-5-6-8-18(14)12-15-17(21)16(20)11-13(2)19(15)9-10-22-3/h11,14,21H,4-10,12H2,1-3H3. The first-order chi connectivity index (χ1) is 10.6. The van der Waals surface area contributed by atoms with Gasteiger partial charge in [0.05, 0.1) is 12.3 Å². The number of rotatable bonds is 6. The predicted molar refractivity (Wildman–Crippen MR) is 87.3 cm³/mol. The van der Waals surface area contributed by atoms with E-state index >= 15 is 0 Å². The number of piperidine rings is 1. The fourth-order valence-corrected chi connectivity index (χ4v) is 3.40. The average Bonchev–Trinajstić information content (AvgIpc) is 2.52. The van der Waals surface area contributed by atoms with Gasteiger partial charge in [-0.2, -0.15) is 0 Å². The highest BCUT2D eigenvalue weighted by molar-refractivity contribution is 5.30.